The summed E-state index contributed by atoms with van der Waals surface area (Å²) in [5, 5.41) is 19.5. The van der Waals surface area contributed by atoms with Gasteiger partial charge in [0.1, 0.15) is 0 Å². The van der Waals surface area contributed by atoms with Gasteiger partial charge in [-0.25, -0.2) is 0 Å². The molecule has 2 rings (SSSR count). The number of aliphatic hydroxyl groups excluding tert-OH is 1. The lowest BCUT2D eigenvalue weighted by molar-refractivity contribution is -0.192. The van der Waals surface area contributed by atoms with Gasteiger partial charge in [-0.05, 0) is 51.0 Å². The summed E-state index contributed by atoms with van der Waals surface area (Å²) in [5.41, 5.74) is 1.04. The SMILES string of the molecule is CCCCCC/C(O)=C(/C)[C@@H]1[C@@H](CCCCCCC#N)OC[C@H]1OC1CCCCO1. The highest BCUT2D eigenvalue weighted by atomic mass is 16.7. The molecule has 2 aliphatic rings. The van der Waals surface area contributed by atoms with Crippen LogP contribution in [0.3, 0.4) is 0 Å². The molecular weight excluding hydrogens is 378 g/mol. The van der Waals surface area contributed by atoms with E-state index in [1.54, 1.807) is 0 Å². The van der Waals surface area contributed by atoms with Gasteiger partial charge in [0, 0.05) is 25.4 Å². The Morgan fingerprint density at radius 3 is 2.60 bits per heavy atom. The maximum atomic E-state index is 10.8. The van der Waals surface area contributed by atoms with Gasteiger partial charge < -0.3 is 19.3 Å². The van der Waals surface area contributed by atoms with Crippen LogP contribution in [0.25, 0.3) is 0 Å². The summed E-state index contributed by atoms with van der Waals surface area (Å²) in [7, 11) is 0. The van der Waals surface area contributed by atoms with Crippen LogP contribution in [0.15, 0.2) is 11.3 Å². The first-order valence-electron chi connectivity index (χ1n) is 12.3. The lowest BCUT2D eigenvalue weighted by Crippen LogP contribution is -2.34. The number of nitriles is 1. The molecular formula is C25H43NO4. The van der Waals surface area contributed by atoms with Crippen LogP contribution in [-0.4, -0.2) is 36.8 Å². The molecule has 2 aliphatic heterocycles. The molecule has 0 radical (unpaired) electrons. The summed E-state index contributed by atoms with van der Waals surface area (Å²) in [6, 6.07) is 2.22. The van der Waals surface area contributed by atoms with E-state index in [-0.39, 0.29) is 24.4 Å². The number of ether oxygens (including phenoxy) is 3. The zero-order valence-corrected chi connectivity index (χ0v) is 19.2. The van der Waals surface area contributed by atoms with Gasteiger partial charge in [0.05, 0.1) is 30.6 Å². The highest BCUT2D eigenvalue weighted by Crippen LogP contribution is 2.36. The van der Waals surface area contributed by atoms with Crippen molar-refractivity contribution in [1.29, 1.82) is 5.26 Å². The molecule has 2 fully saturated rings. The monoisotopic (exact) mass is 421 g/mol. The molecule has 30 heavy (non-hydrogen) atoms. The summed E-state index contributed by atoms with van der Waals surface area (Å²) in [6.45, 7) is 5.61. The maximum absolute atomic E-state index is 10.8. The molecule has 0 aromatic rings. The number of allylic oxidation sites excluding steroid dienone is 1. The fraction of sp³-hybridized carbons (Fsp3) is 0.880. The van der Waals surface area contributed by atoms with Crippen LogP contribution in [0.2, 0.25) is 0 Å². The third-order valence-corrected chi connectivity index (χ3v) is 6.49. The first-order valence-corrected chi connectivity index (χ1v) is 12.3. The van der Waals surface area contributed by atoms with Gasteiger partial charge in [-0.3, -0.25) is 0 Å². The van der Waals surface area contributed by atoms with Gasteiger partial charge in [0.2, 0.25) is 0 Å². The van der Waals surface area contributed by atoms with Crippen molar-refractivity contribution in [2.45, 2.75) is 122 Å². The minimum absolute atomic E-state index is 0.0468. The molecule has 0 aromatic heterocycles. The topological polar surface area (TPSA) is 71.7 Å². The second-order valence-corrected chi connectivity index (χ2v) is 8.92. The van der Waals surface area contributed by atoms with Crippen molar-refractivity contribution >= 4 is 0 Å². The number of hydrogen-bond donors (Lipinski definition) is 1. The number of nitrogens with zero attached hydrogens (tertiary/aromatic N) is 1. The van der Waals surface area contributed by atoms with Crippen molar-refractivity contribution in [3.8, 4) is 6.07 Å². The molecule has 4 atom stereocenters. The lowest BCUT2D eigenvalue weighted by Gasteiger charge is -2.30. The van der Waals surface area contributed by atoms with Crippen LogP contribution in [0.1, 0.15) is 104 Å². The molecule has 0 aliphatic carbocycles. The van der Waals surface area contributed by atoms with Gasteiger partial charge in [0.15, 0.2) is 6.29 Å². The van der Waals surface area contributed by atoms with Crippen LogP contribution in [0, 0.1) is 17.2 Å². The van der Waals surface area contributed by atoms with Crippen LogP contribution >= 0.6 is 0 Å². The highest BCUT2D eigenvalue weighted by molar-refractivity contribution is 5.15. The summed E-state index contributed by atoms with van der Waals surface area (Å²) in [4.78, 5) is 0. The number of unbranched alkanes of at least 4 members (excludes halogenated alkanes) is 7. The second kappa shape index (κ2) is 14.8. The van der Waals surface area contributed by atoms with Crippen molar-refractivity contribution in [3.63, 3.8) is 0 Å². The smallest absolute Gasteiger partial charge is 0.158 e. The average molecular weight is 422 g/mol. The molecule has 1 unspecified atom stereocenters. The molecule has 0 saturated carbocycles. The first-order chi connectivity index (χ1) is 14.7. The summed E-state index contributed by atoms with van der Waals surface area (Å²) < 4.78 is 18.3. The molecule has 1 N–H and O–H groups in total. The van der Waals surface area contributed by atoms with Crippen molar-refractivity contribution in [2.24, 2.45) is 5.92 Å². The average Bonchev–Trinajstić information content (AvgIpc) is 3.15. The van der Waals surface area contributed by atoms with E-state index in [1.807, 2.05) is 0 Å². The molecule has 5 heteroatoms. The van der Waals surface area contributed by atoms with Crippen molar-refractivity contribution in [1.82, 2.24) is 0 Å². The van der Waals surface area contributed by atoms with Crippen LogP contribution in [0.5, 0.6) is 0 Å². The molecule has 0 bridgehead atoms. The summed E-state index contributed by atoms with van der Waals surface area (Å²) >= 11 is 0. The maximum Gasteiger partial charge on any atom is 0.158 e. The van der Waals surface area contributed by atoms with E-state index < -0.39 is 0 Å². The fourth-order valence-electron chi connectivity index (χ4n) is 4.64. The number of rotatable bonds is 14. The Bertz CT molecular complexity index is 536. The van der Waals surface area contributed by atoms with E-state index in [2.05, 4.69) is 19.9 Å². The van der Waals surface area contributed by atoms with Crippen LogP contribution in [-0.2, 0) is 14.2 Å². The first kappa shape index (κ1) is 25.2. The van der Waals surface area contributed by atoms with Crippen molar-refractivity contribution in [3.05, 3.63) is 11.3 Å². The Morgan fingerprint density at radius 2 is 1.87 bits per heavy atom. The number of hydrogen-bond acceptors (Lipinski definition) is 5. The van der Waals surface area contributed by atoms with Crippen LogP contribution < -0.4 is 0 Å². The minimum Gasteiger partial charge on any atom is -0.512 e. The predicted molar refractivity (Wildman–Crippen MR) is 119 cm³/mol. The summed E-state index contributed by atoms with van der Waals surface area (Å²) in [6.07, 6.45) is 14.4. The fourth-order valence-corrected chi connectivity index (χ4v) is 4.64. The number of aliphatic hydroxyl groups is 1. The van der Waals surface area contributed by atoms with E-state index in [1.165, 1.54) is 12.8 Å². The van der Waals surface area contributed by atoms with Crippen molar-refractivity contribution < 1.29 is 19.3 Å². The van der Waals surface area contributed by atoms with Gasteiger partial charge in [-0.1, -0.05) is 45.4 Å². The van der Waals surface area contributed by atoms with Gasteiger partial charge >= 0.3 is 0 Å². The third-order valence-electron chi connectivity index (χ3n) is 6.49. The Kier molecular flexibility index (Phi) is 12.4. The van der Waals surface area contributed by atoms with E-state index in [0.29, 0.717) is 18.8 Å². The zero-order valence-electron chi connectivity index (χ0n) is 19.2. The Morgan fingerprint density at radius 1 is 1.07 bits per heavy atom. The normalized spacial score (nSPS) is 27.6. The second-order valence-electron chi connectivity index (χ2n) is 8.92. The summed E-state index contributed by atoms with van der Waals surface area (Å²) in [5.74, 6) is 0.625. The minimum atomic E-state index is -0.140. The van der Waals surface area contributed by atoms with Crippen LogP contribution in [0.4, 0.5) is 0 Å². The Hall–Kier alpha value is -1.09. The molecule has 172 valence electrons. The molecule has 2 heterocycles. The molecule has 0 aromatic carbocycles. The zero-order chi connectivity index (χ0) is 21.6. The molecule has 5 nitrogen and oxygen atoms in total. The lowest BCUT2D eigenvalue weighted by atomic mass is 9.86. The van der Waals surface area contributed by atoms with Gasteiger partial charge in [-0.15, -0.1) is 0 Å². The van der Waals surface area contributed by atoms with Gasteiger partial charge in [-0.2, -0.15) is 5.26 Å². The van der Waals surface area contributed by atoms with E-state index in [4.69, 9.17) is 19.5 Å². The van der Waals surface area contributed by atoms with Gasteiger partial charge in [0.25, 0.3) is 0 Å². The van der Waals surface area contributed by atoms with E-state index >= 15 is 0 Å². The largest absolute Gasteiger partial charge is 0.512 e. The Balaban J connectivity index is 1.95. The van der Waals surface area contributed by atoms with E-state index in [0.717, 1.165) is 82.8 Å². The quantitative estimate of drug-likeness (QED) is 0.253. The molecule has 0 amide bonds. The van der Waals surface area contributed by atoms with E-state index in [9.17, 15) is 5.11 Å². The standard InChI is InChI=1S/C25H43NO4/c1-3-4-5-9-14-21(27)20(2)25-22(15-10-7-6-8-12-17-26)29-19-23(25)30-24-16-11-13-18-28-24/h22-25,27H,3-16,18-19H2,1-2H3/b21-20+/t22-,23-,24?,25-/m1/s1. The van der Waals surface area contributed by atoms with Crippen molar-refractivity contribution in [2.75, 3.05) is 13.2 Å². The third kappa shape index (κ3) is 8.57. The Labute approximate surface area is 183 Å². The predicted octanol–water partition coefficient (Wildman–Crippen LogP) is 6.58. The molecule has 0 spiro atoms. The molecule has 2 saturated heterocycles. The highest BCUT2D eigenvalue weighted by Gasteiger charge is 2.41.